The Hall–Kier alpha value is -1.55. The van der Waals surface area contributed by atoms with Crippen molar-refractivity contribution in [1.29, 1.82) is 0 Å². The maximum Gasteiger partial charge on any atom is 0.129 e. The van der Waals surface area contributed by atoms with Gasteiger partial charge in [0.1, 0.15) is 13.8 Å². The highest BCUT2D eigenvalue weighted by molar-refractivity contribution is 6.83. The molecule has 0 spiro atoms. The van der Waals surface area contributed by atoms with Crippen molar-refractivity contribution in [2.75, 3.05) is 0 Å². The number of nitrogens with zero attached hydrogens (tertiary/aromatic N) is 1. The quantitative estimate of drug-likeness (QED) is 0.619. The van der Waals surface area contributed by atoms with Crippen molar-refractivity contribution < 1.29 is 5.11 Å². The average Bonchev–Trinajstić information content (AvgIpc) is 2.26. The number of aliphatic hydroxyl groups is 1. The van der Waals surface area contributed by atoms with Gasteiger partial charge in [0, 0.05) is 18.2 Å². The van der Waals surface area contributed by atoms with Crippen LogP contribution in [0.3, 0.4) is 0 Å². The standard InChI is InChI=1S/C15H19NOSi/c1-13(17)6-5-7-14-8-9-15(16-12-14)10-11-18(2,3)4/h8-9,12-13,17H,6H2,1-4H3. The summed E-state index contributed by atoms with van der Waals surface area (Å²) in [6.07, 6.45) is 1.83. The zero-order valence-electron chi connectivity index (χ0n) is 11.4. The molecule has 0 radical (unpaired) electrons. The Kier molecular flexibility index (Phi) is 5.16. The van der Waals surface area contributed by atoms with Gasteiger partial charge in [-0.3, -0.25) is 0 Å². The lowest BCUT2D eigenvalue weighted by Crippen LogP contribution is -2.16. The van der Waals surface area contributed by atoms with E-state index in [-0.39, 0.29) is 6.10 Å². The topological polar surface area (TPSA) is 33.1 Å². The number of hydrogen-bond acceptors (Lipinski definition) is 2. The first kappa shape index (κ1) is 14.5. The molecule has 0 fully saturated rings. The van der Waals surface area contributed by atoms with Gasteiger partial charge < -0.3 is 5.11 Å². The van der Waals surface area contributed by atoms with E-state index >= 15 is 0 Å². The number of hydrogen-bond donors (Lipinski definition) is 1. The molecule has 2 nitrogen and oxygen atoms in total. The molecule has 0 saturated carbocycles. The zero-order chi connectivity index (χ0) is 13.6. The molecule has 0 amide bonds. The largest absolute Gasteiger partial charge is 0.392 e. The molecule has 0 aliphatic rings. The van der Waals surface area contributed by atoms with Gasteiger partial charge >= 0.3 is 0 Å². The van der Waals surface area contributed by atoms with E-state index in [1.54, 1.807) is 13.1 Å². The lowest BCUT2D eigenvalue weighted by Gasteiger charge is -2.02. The fourth-order valence-corrected chi connectivity index (χ4v) is 1.60. The normalized spacial score (nSPS) is 11.8. The lowest BCUT2D eigenvalue weighted by molar-refractivity contribution is 0.201. The molecule has 1 heterocycles. The van der Waals surface area contributed by atoms with Crippen molar-refractivity contribution in [2.45, 2.75) is 39.1 Å². The molecular formula is C15H19NOSi. The van der Waals surface area contributed by atoms with E-state index in [1.165, 1.54) is 0 Å². The number of rotatable bonds is 1. The fraction of sp³-hybridized carbons (Fsp3) is 0.400. The first-order chi connectivity index (χ1) is 8.37. The molecule has 0 aliphatic heterocycles. The second-order valence-corrected chi connectivity index (χ2v) is 10.0. The minimum Gasteiger partial charge on any atom is -0.392 e. The first-order valence-electron chi connectivity index (χ1n) is 6.03. The Bertz CT molecular complexity index is 504. The summed E-state index contributed by atoms with van der Waals surface area (Å²) in [5.41, 5.74) is 4.92. The fourth-order valence-electron chi connectivity index (χ4n) is 1.09. The van der Waals surface area contributed by atoms with Gasteiger partial charge in [0.25, 0.3) is 0 Å². The van der Waals surface area contributed by atoms with E-state index in [0.29, 0.717) is 6.42 Å². The number of aliphatic hydroxyl groups excluding tert-OH is 1. The maximum atomic E-state index is 9.09. The van der Waals surface area contributed by atoms with Gasteiger partial charge in [-0.25, -0.2) is 4.98 Å². The molecule has 0 bridgehead atoms. The summed E-state index contributed by atoms with van der Waals surface area (Å²) in [5, 5.41) is 9.09. The summed E-state index contributed by atoms with van der Waals surface area (Å²) in [4.78, 5) is 4.26. The van der Waals surface area contributed by atoms with Crippen LogP contribution in [0.5, 0.6) is 0 Å². The monoisotopic (exact) mass is 257 g/mol. The molecule has 94 valence electrons. The van der Waals surface area contributed by atoms with Crippen molar-refractivity contribution in [3.63, 3.8) is 0 Å². The van der Waals surface area contributed by atoms with Gasteiger partial charge in [0.15, 0.2) is 0 Å². The van der Waals surface area contributed by atoms with E-state index in [1.807, 2.05) is 12.1 Å². The van der Waals surface area contributed by atoms with E-state index in [9.17, 15) is 0 Å². The van der Waals surface area contributed by atoms with Crippen LogP contribution in [0.1, 0.15) is 24.6 Å². The molecular weight excluding hydrogens is 238 g/mol. The third-order valence-corrected chi connectivity index (χ3v) is 2.83. The van der Waals surface area contributed by atoms with Crippen LogP contribution in [0.15, 0.2) is 18.3 Å². The second-order valence-electron chi connectivity index (χ2n) is 5.29. The predicted octanol–water partition coefficient (Wildman–Crippen LogP) is 2.43. The van der Waals surface area contributed by atoms with Crippen molar-refractivity contribution in [1.82, 2.24) is 4.98 Å². The van der Waals surface area contributed by atoms with E-state index < -0.39 is 8.07 Å². The van der Waals surface area contributed by atoms with Gasteiger partial charge in [-0.1, -0.05) is 37.4 Å². The van der Waals surface area contributed by atoms with Gasteiger partial charge in [-0.2, -0.15) is 0 Å². The smallest absolute Gasteiger partial charge is 0.129 e. The molecule has 1 N–H and O–H groups in total. The van der Waals surface area contributed by atoms with Crippen LogP contribution in [-0.4, -0.2) is 24.3 Å². The Morgan fingerprint density at radius 1 is 1.28 bits per heavy atom. The van der Waals surface area contributed by atoms with Gasteiger partial charge in [-0.15, -0.1) is 5.54 Å². The number of aromatic nitrogens is 1. The summed E-state index contributed by atoms with van der Waals surface area (Å²) in [7, 11) is -1.34. The Balaban J connectivity index is 2.73. The molecule has 18 heavy (non-hydrogen) atoms. The average molecular weight is 257 g/mol. The Morgan fingerprint density at radius 2 is 2.00 bits per heavy atom. The third kappa shape index (κ3) is 6.25. The van der Waals surface area contributed by atoms with Crippen LogP contribution >= 0.6 is 0 Å². The molecule has 1 rings (SSSR count). The summed E-state index contributed by atoms with van der Waals surface area (Å²) >= 11 is 0. The SMILES string of the molecule is CC(O)CC#Cc1ccc(C#C[Si](C)(C)C)nc1. The molecule has 1 unspecified atom stereocenters. The summed E-state index contributed by atoms with van der Waals surface area (Å²) in [5.74, 6) is 8.97. The summed E-state index contributed by atoms with van der Waals surface area (Å²) < 4.78 is 0. The van der Waals surface area contributed by atoms with Crippen LogP contribution in [0.2, 0.25) is 19.6 Å². The van der Waals surface area contributed by atoms with E-state index in [2.05, 4.69) is 47.9 Å². The van der Waals surface area contributed by atoms with Crippen molar-refractivity contribution in [3.05, 3.63) is 29.6 Å². The van der Waals surface area contributed by atoms with Gasteiger partial charge in [0.2, 0.25) is 0 Å². The van der Waals surface area contributed by atoms with E-state index in [0.717, 1.165) is 11.3 Å². The van der Waals surface area contributed by atoms with Crippen LogP contribution in [0.25, 0.3) is 0 Å². The van der Waals surface area contributed by atoms with E-state index in [4.69, 9.17) is 5.11 Å². The van der Waals surface area contributed by atoms with Gasteiger partial charge in [0.05, 0.1) is 6.10 Å². The Labute approximate surface area is 110 Å². The Morgan fingerprint density at radius 3 is 2.50 bits per heavy atom. The molecule has 0 aliphatic carbocycles. The second kappa shape index (κ2) is 6.40. The summed E-state index contributed by atoms with van der Waals surface area (Å²) in [6, 6.07) is 3.80. The van der Waals surface area contributed by atoms with Crippen LogP contribution in [0.4, 0.5) is 0 Å². The minimum absolute atomic E-state index is 0.382. The summed E-state index contributed by atoms with van der Waals surface area (Å²) in [6.45, 7) is 8.34. The molecule has 0 saturated heterocycles. The van der Waals surface area contributed by atoms with Gasteiger partial charge in [-0.05, 0) is 19.1 Å². The highest BCUT2D eigenvalue weighted by Gasteiger charge is 2.07. The minimum atomic E-state index is -1.34. The van der Waals surface area contributed by atoms with Crippen molar-refractivity contribution in [2.24, 2.45) is 0 Å². The van der Waals surface area contributed by atoms with Crippen LogP contribution < -0.4 is 0 Å². The first-order valence-corrected chi connectivity index (χ1v) is 9.53. The van der Waals surface area contributed by atoms with Crippen molar-refractivity contribution in [3.8, 4) is 23.3 Å². The van der Waals surface area contributed by atoms with Crippen molar-refractivity contribution >= 4 is 8.07 Å². The third-order valence-electron chi connectivity index (χ3n) is 1.96. The highest BCUT2D eigenvalue weighted by Crippen LogP contribution is 2.01. The molecule has 1 atom stereocenters. The molecule has 3 heteroatoms. The lowest BCUT2D eigenvalue weighted by atomic mass is 10.2. The number of pyridine rings is 1. The zero-order valence-corrected chi connectivity index (χ0v) is 12.4. The predicted molar refractivity (Wildman–Crippen MR) is 77.6 cm³/mol. The van der Waals surface area contributed by atoms with Crippen LogP contribution in [0, 0.1) is 23.3 Å². The highest BCUT2D eigenvalue weighted by atomic mass is 28.3. The maximum absolute atomic E-state index is 9.09. The van der Waals surface area contributed by atoms with Crippen LogP contribution in [-0.2, 0) is 0 Å². The molecule has 1 aromatic heterocycles. The molecule has 1 aromatic rings. The molecule has 0 aromatic carbocycles.